The Labute approximate surface area is 93.7 Å². The Bertz CT molecular complexity index is 372. The van der Waals surface area contributed by atoms with Gasteiger partial charge in [0.25, 0.3) is 0 Å². The van der Waals surface area contributed by atoms with Gasteiger partial charge in [-0.3, -0.25) is 0 Å². The standard InChI is InChI=1S/C10H8B2O4/c1-2-10(12-15-7-8-16-12)4-3-9(1)11-13-5-6-14-11/h1-8H. The molecule has 0 spiro atoms. The van der Waals surface area contributed by atoms with Crippen LogP contribution in [-0.2, 0) is 18.6 Å². The molecule has 16 heavy (non-hydrogen) atoms. The maximum Gasteiger partial charge on any atom is 0.631 e. The maximum atomic E-state index is 5.23. The van der Waals surface area contributed by atoms with Crippen molar-refractivity contribution in [2.45, 2.75) is 0 Å². The molecule has 2 heterocycles. The lowest BCUT2D eigenvalue weighted by Gasteiger charge is -2.07. The first-order valence-corrected chi connectivity index (χ1v) is 4.95. The molecule has 0 saturated heterocycles. The number of benzene rings is 1. The highest BCUT2D eigenvalue weighted by atomic mass is 16.6. The van der Waals surface area contributed by atoms with Gasteiger partial charge < -0.3 is 18.6 Å². The Morgan fingerprint density at radius 2 is 0.875 bits per heavy atom. The van der Waals surface area contributed by atoms with Crippen LogP contribution in [0.3, 0.4) is 0 Å². The molecule has 0 fully saturated rings. The van der Waals surface area contributed by atoms with Crippen LogP contribution in [0.2, 0.25) is 0 Å². The molecule has 0 amide bonds. The summed E-state index contributed by atoms with van der Waals surface area (Å²) >= 11 is 0. The van der Waals surface area contributed by atoms with Crippen LogP contribution in [0.1, 0.15) is 0 Å². The van der Waals surface area contributed by atoms with Crippen molar-refractivity contribution in [2.75, 3.05) is 0 Å². The molecule has 6 heteroatoms. The van der Waals surface area contributed by atoms with E-state index in [1.54, 1.807) is 0 Å². The van der Waals surface area contributed by atoms with Crippen LogP contribution < -0.4 is 10.9 Å². The fraction of sp³-hybridized carbons (Fsp3) is 0. The summed E-state index contributed by atoms with van der Waals surface area (Å²) < 4.78 is 20.9. The van der Waals surface area contributed by atoms with Crippen LogP contribution >= 0.6 is 0 Å². The summed E-state index contributed by atoms with van der Waals surface area (Å²) in [5, 5.41) is 0. The largest absolute Gasteiger partial charge is 0.631 e. The van der Waals surface area contributed by atoms with Gasteiger partial charge in [0, 0.05) is 10.9 Å². The van der Waals surface area contributed by atoms with E-state index in [0.717, 1.165) is 10.9 Å². The van der Waals surface area contributed by atoms with Crippen LogP contribution in [0.5, 0.6) is 0 Å². The van der Waals surface area contributed by atoms with Crippen molar-refractivity contribution < 1.29 is 18.6 Å². The number of hydrogen-bond acceptors (Lipinski definition) is 4. The zero-order chi connectivity index (χ0) is 10.8. The number of hydrogen-bond donors (Lipinski definition) is 0. The van der Waals surface area contributed by atoms with E-state index < -0.39 is 0 Å². The molecule has 1 aromatic carbocycles. The van der Waals surface area contributed by atoms with Gasteiger partial charge in [0.15, 0.2) is 0 Å². The Balaban J connectivity index is 1.74. The molecule has 78 valence electrons. The topological polar surface area (TPSA) is 36.9 Å². The molecule has 0 N–H and O–H groups in total. The van der Waals surface area contributed by atoms with Gasteiger partial charge in [-0.05, 0) is 0 Å². The second kappa shape index (κ2) is 3.89. The first-order valence-electron chi connectivity index (χ1n) is 4.95. The van der Waals surface area contributed by atoms with E-state index in [0.29, 0.717) is 0 Å². The highest BCUT2D eigenvalue weighted by Gasteiger charge is 2.29. The third kappa shape index (κ3) is 1.62. The zero-order valence-corrected chi connectivity index (χ0v) is 8.41. The van der Waals surface area contributed by atoms with Crippen molar-refractivity contribution in [1.82, 2.24) is 0 Å². The van der Waals surface area contributed by atoms with Crippen LogP contribution in [-0.4, -0.2) is 14.2 Å². The summed E-state index contributed by atoms with van der Waals surface area (Å²) in [4.78, 5) is 0. The zero-order valence-electron chi connectivity index (χ0n) is 8.41. The minimum absolute atomic E-state index is 0.336. The van der Waals surface area contributed by atoms with Crippen LogP contribution in [0.15, 0.2) is 49.3 Å². The van der Waals surface area contributed by atoms with Crippen molar-refractivity contribution >= 4 is 25.2 Å². The van der Waals surface area contributed by atoms with Gasteiger partial charge in [-0.25, -0.2) is 0 Å². The fourth-order valence-corrected chi connectivity index (χ4v) is 1.60. The summed E-state index contributed by atoms with van der Waals surface area (Å²) in [6, 6.07) is 7.71. The predicted molar refractivity (Wildman–Crippen MR) is 59.8 cm³/mol. The van der Waals surface area contributed by atoms with Crippen LogP contribution in [0, 0.1) is 0 Å². The van der Waals surface area contributed by atoms with E-state index in [4.69, 9.17) is 18.6 Å². The minimum atomic E-state index is -0.336. The van der Waals surface area contributed by atoms with Gasteiger partial charge >= 0.3 is 14.2 Å². The van der Waals surface area contributed by atoms with Crippen molar-refractivity contribution in [3.05, 3.63) is 49.3 Å². The minimum Gasteiger partial charge on any atom is -0.525 e. The molecular formula is C10H8B2O4. The highest BCUT2D eigenvalue weighted by molar-refractivity contribution is 6.64. The van der Waals surface area contributed by atoms with E-state index >= 15 is 0 Å². The third-order valence-electron chi connectivity index (χ3n) is 2.40. The Kier molecular flexibility index (Phi) is 2.25. The second-order valence-corrected chi connectivity index (χ2v) is 3.42. The summed E-state index contributed by atoms with van der Waals surface area (Å²) in [5.41, 5.74) is 1.92. The monoisotopic (exact) mass is 214 g/mol. The molecule has 0 aliphatic carbocycles. The maximum absolute atomic E-state index is 5.23. The Morgan fingerprint density at radius 1 is 0.562 bits per heavy atom. The summed E-state index contributed by atoms with van der Waals surface area (Å²) in [5.74, 6) is 0. The third-order valence-corrected chi connectivity index (χ3v) is 2.40. The van der Waals surface area contributed by atoms with Gasteiger partial charge in [0.2, 0.25) is 0 Å². The van der Waals surface area contributed by atoms with E-state index in [2.05, 4.69) is 0 Å². The van der Waals surface area contributed by atoms with Gasteiger partial charge in [0.1, 0.15) is 0 Å². The highest BCUT2D eigenvalue weighted by Crippen LogP contribution is 2.03. The van der Waals surface area contributed by atoms with Crippen molar-refractivity contribution in [3.8, 4) is 0 Å². The molecule has 3 rings (SSSR count). The quantitative estimate of drug-likeness (QED) is 0.654. The SMILES string of the molecule is C1=COB(c2ccc(B3OC=CO3)cc2)O1. The van der Waals surface area contributed by atoms with E-state index in [9.17, 15) is 0 Å². The second-order valence-electron chi connectivity index (χ2n) is 3.42. The van der Waals surface area contributed by atoms with Crippen LogP contribution in [0.4, 0.5) is 0 Å². The first kappa shape index (κ1) is 9.27. The summed E-state index contributed by atoms with van der Waals surface area (Å²) in [6.07, 6.45) is 6.13. The molecule has 2 aliphatic heterocycles. The van der Waals surface area contributed by atoms with E-state index in [-0.39, 0.29) is 14.2 Å². The van der Waals surface area contributed by atoms with Gasteiger partial charge in [-0.2, -0.15) is 0 Å². The number of rotatable bonds is 2. The van der Waals surface area contributed by atoms with Crippen molar-refractivity contribution in [1.29, 1.82) is 0 Å². The average molecular weight is 214 g/mol. The Morgan fingerprint density at radius 3 is 1.19 bits per heavy atom. The Hall–Kier alpha value is -1.97. The normalized spacial score (nSPS) is 16.8. The van der Waals surface area contributed by atoms with Gasteiger partial charge in [-0.1, -0.05) is 24.3 Å². The van der Waals surface area contributed by atoms with Crippen molar-refractivity contribution in [3.63, 3.8) is 0 Å². The van der Waals surface area contributed by atoms with Gasteiger partial charge in [0.05, 0.1) is 25.0 Å². The molecule has 1 aromatic rings. The molecular weight excluding hydrogens is 206 g/mol. The average Bonchev–Trinajstić information content (AvgIpc) is 3.03. The molecule has 0 unspecified atom stereocenters. The first-order chi connectivity index (χ1) is 7.93. The van der Waals surface area contributed by atoms with E-state index in [1.165, 1.54) is 25.0 Å². The van der Waals surface area contributed by atoms with E-state index in [1.807, 2.05) is 24.3 Å². The summed E-state index contributed by atoms with van der Waals surface area (Å²) in [7, 11) is -0.671. The molecule has 2 aliphatic rings. The lowest BCUT2D eigenvalue weighted by atomic mass is 9.74. The predicted octanol–water partition coefficient (Wildman–Crippen LogP) is 0.113. The molecule has 0 atom stereocenters. The molecule has 4 nitrogen and oxygen atoms in total. The lowest BCUT2D eigenvalue weighted by Crippen LogP contribution is -2.36. The summed E-state index contributed by atoms with van der Waals surface area (Å²) in [6.45, 7) is 0. The van der Waals surface area contributed by atoms with Crippen molar-refractivity contribution in [2.24, 2.45) is 0 Å². The lowest BCUT2D eigenvalue weighted by molar-refractivity contribution is 0.422. The van der Waals surface area contributed by atoms with Crippen LogP contribution in [0.25, 0.3) is 0 Å². The molecule has 0 radical (unpaired) electrons. The smallest absolute Gasteiger partial charge is 0.525 e. The molecule has 0 bridgehead atoms. The van der Waals surface area contributed by atoms with Gasteiger partial charge in [-0.15, -0.1) is 0 Å². The molecule has 0 aromatic heterocycles. The fourth-order valence-electron chi connectivity index (χ4n) is 1.60. The molecule has 0 saturated carbocycles.